The Bertz CT molecular complexity index is 633. The molecule has 1 aliphatic rings. The smallest absolute Gasteiger partial charge is 0.121 e. The van der Waals surface area contributed by atoms with Crippen LogP contribution in [0, 0.1) is 11.3 Å². The number of fused-ring (bicyclic) bond motifs is 1. The Morgan fingerprint density at radius 1 is 1.45 bits per heavy atom. The number of ether oxygens (including phenoxy) is 1. The number of rotatable bonds is 5. The van der Waals surface area contributed by atoms with Gasteiger partial charge in [0.2, 0.25) is 0 Å². The number of benzene rings is 1. The Kier molecular flexibility index (Phi) is 3.41. The van der Waals surface area contributed by atoms with E-state index < -0.39 is 0 Å². The summed E-state index contributed by atoms with van der Waals surface area (Å²) in [7, 11) is 1.69. The minimum atomic E-state index is 0.474. The van der Waals surface area contributed by atoms with Crippen molar-refractivity contribution in [1.82, 2.24) is 9.55 Å². The van der Waals surface area contributed by atoms with Crippen molar-refractivity contribution in [3.8, 4) is 5.75 Å². The van der Waals surface area contributed by atoms with E-state index >= 15 is 0 Å². The van der Waals surface area contributed by atoms with Gasteiger partial charge in [0.05, 0.1) is 18.1 Å². The Morgan fingerprint density at radius 2 is 2.20 bits per heavy atom. The lowest BCUT2D eigenvalue weighted by molar-refractivity contribution is 0.415. The molecule has 0 aliphatic heterocycles. The third kappa shape index (κ3) is 2.39. The van der Waals surface area contributed by atoms with E-state index in [-0.39, 0.29) is 0 Å². The number of hydrogen-bond acceptors (Lipinski definition) is 2. The summed E-state index contributed by atoms with van der Waals surface area (Å²) in [5, 5.41) is 0. The summed E-state index contributed by atoms with van der Waals surface area (Å²) < 4.78 is 7.63. The number of halogens is 1. The van der Waals surface area contributed by atoms with E-state index in [0.717, 1.165) is 36.0 Å². The van der Waals surface area contributed by atoms with Gasteiger partial charge in [-0.1, -0.05) is 13.8 Å². The van der Waals surface area contributed by atoms with Gasteiger partial charge in [0.15, 0.2) is 0 Å². The van der Waals surface area contributed by atoms with E-state index in [9.17, 15) is 0 Å². The highest BCUT2D eigenvalue weighted by Crippen LogP contribution is 2.52. The fraction of sp³-hybridized carbons (Fsp3) is 0.562. The molecule has 1 heterocycles. The molecule has 1 saturated carbocycles. The van der Waals surface area contributed by atoms with Gasteiger partial charge < -0.3 is 9.30 Å². The van der Waals surface area contributed by atoms with Gasteiger partial charge in [-0.05, 0) is 29.9 Å². The first-order valence-corrected chi connectivity index (χ1v) is 7.68. The van der Waals surface area contributed by atoms with Crippen LogP contribution in [0.5, 0.6) is 5.75 Å². The summed E-state index contributed by atoms with van der Waals surface area (Å²) in [5.74, 6) is 3.29. The van der Waals surface area contributed by atoms with Crippen LogP contribution in [0.3, 0.4) is 0 Å². The molecule has 0 radical (unpaired) electrons. The Balaban J connectivity index is 2.00. The van der Waals surface area contributed by atoms with Crippen LogP contribution >= 0.6 is 11.6 Å². The second kappa shape index (κ2) is 4.96. The van der Waals surface area contributed by atoms with Crippen molar-refractivity contribution in [2.75, 3.05) is 13.0 Å². The molecular formula is C16H21ClN2O. The average molecular weight is 293 g/mol. The molecule has 20 heavy (non-hydrogen) atoms. The number of alkyl halides is 1. The van der Waals surface area contributed by atoms with Crippen molar-refractivity contribution in [3.63, 3.8) is 0 Å². The monoisotopic (exact) mass is 292 g/mol. The van der Waals surface area contributed by atoms with E-state index in [4.69, 9.17) is 21.3 Å². The van der Waals surface area contributed by atoms with Crippen molar-refractivity contribution in [2.24, 2.45) is 11.3 Å². The molecule has 1 aromatic heterocycles. The number of methoxy groups -OCH3 is 1. The topological polar surface area (TPSA) is 27.1 Å². The maximum atomic E-state index is 5.92. The van der Waals surface area contributed by atoms with E-state index in [2.05, 4.69) is 24.5 Å². The molecule has 1 atom stereocenters. The molecule has 2 aromatic rings. The van der Waals surface area contributed by atoms with Gasteiger partial charge in [-0.3, -0.25) is 0 Å². The van der Waals surface area contributed by atoms with Crippen LogP contribution in [0.4, 0.5) is 0 Å². The van der Waals surface area contributed by atoms with Crippen molar-refractivity contribution < 1.29 is 4.74 Å². The van der Waals surface area contributed by atoms with Gasteiger partial charge in [-0.25, -0.2) is 4.98 Å². The maximum absolute atomic E-state index is 5.92. The molecule has 0 bridgehead atoms. The molecule has 1 aromatic carbocycles. The summed E-state index contributed by atoms with van der Waals surface area (Å²) in [4.78, 5) is 4.74. The zero-order valence-corrected chi connectivity index (χ0v) is 13.1. The van der Waals surface area contributed by atoms with E-state index in [1.807, 2.05) is 12.1 Å². The lowest BCUT2D eigenvalue weighted by atomic mass is 10.1. The van der Waals surface area contributed by atoms with Crippen LogP contribution in [-0.4, -0.2) is 22.5 Å². The Morgan fingerprint density at radius 3 is 2.80 bits per heavy atom. The SMILES string of the molecule is COc1ccc2c(c1)nc(CCCl)n2CC1CC1(C)C. The largest absolute Gasteiger partial charge is 0.497 e. The van der Waals surface area contributed by atoms with E-state index in [0.29, 0.717) is 11.3 Å². The molecule has 0 spiro atoms. The van der Waals surface area contributed by atoms with Gasteiger partial charge in [0.1, 0.15) is 11.6 Å². The fourth-order valence-electron chi connectivity index (χ4n) is 2.87. The summed E-state index contributed by atoms with van der Waals surface area (Å²) >= 11 is 5.92. The van der Waals surface area contributed by atoms with Crippen molar-refractivity contribution in [2.45, 2.75) is 33.2 Å². The van der Waals surface area contributed by atoms with Crippen LogP contribution in [-0.2, 0) is 13.0 Å². The summed E-state index contributed by atoms with van der Waals surface area (Å²) in [5.41, 5.74) is 2.66. The molecule has 108 valence electrons. The number of aromatic nitrogens is 2. The number of nitrogens with zero attached hydrogens (tertiary/aromatic N) is 2. The molecule has 0 saturated heterocycles. The molecule has 0 amide bonds. The predicted octanol–water partition coefficient (Wildman–Crippen LogP) is 3.87. The van der Waals surface area contributed by atoms with Gasteiger partial charge in [-0.2, -0.15) is 0 Å². The van der Waals surface area contributed by atoms with Gasteiger partial charge in [0, 0.05) is 24.9 Å². The van der Waals surface area contributed by atoms with E-state index in [1.54, 1.807) is 7.11 Å². The lowest BCUT2D eigenvalue weighted by Crippen LogP contribution is -2.08. The Labute approximate surface area is 124 Å². The van der Waals surface area contributed by atoms with Gasteiger partial charge in [-0.15, -0.1) is 11.6 Å². The molecular weight excluding hydrogens is 272 g/mol. The molecule has 4 heteroatoms. The van der Waals surface area contributed by atoms with Crippen LogP contribution in [0.25, 0.3) is 11.0 Å². The average Bonchev–Trinajstić information content (AvgIpc) is 2.88. The first-order chi connectivity index (χ1) is 9.55. The molecule has 1 aliphatic carbocycles. The predicted molar refractivity (Wildman–Crippen MR) is 82.6 cm³/mol. The van der Waals surface area contributed by atoms with Crippen molar-refractivity contribution >= 4 is 22.6 Å². The van der Waals surface area contributed by atoms with Crippen molar-refractivity contribution in [1.29, 1.82) is 0 Å². The summed E-state index contributed by atoms with van der Waals surface area (Å²) in [6.45, 7) is 5.71. The molecule has 3 nitrogen and oxygen atoms in total. The minimum Gasteiger partial charge on any atom is -0.497 e. The summed E-state index contributed by atoms with van der Waals surface area (Å²) in [6, 6.07) is 6.11. The van der Waals surface area contributed by atoms with E-state index in [1.165, 1.54) is 11.9 Å². The zero-order valence-electron chi connectivity index (χ0n) is 12.3. The fourth-order valence-corrected chi connectivity index (χ4v) is 3.04. The highest BCUT2D eigenvalue weighted by molar-refractivity contribution is 6.17. The van der Waals surface area contributed by atoms with Gasteiger partial charge >= 0.3 is 0 Å². The molecule has 1 fully saturated rings. The van der Waals surface area contributed by atoms with Crippen LogP contribution in [0.1, 0.15) is 26.1 Å². The molecule has 0 N–H and O–H groups in total. The third-order valence-electron chi connectivity index (χ3n) is 4.47. The van der Waals surface area contributed by atoms with Crippen LogP contribution in [0.15, 0.2) is 18.2 Å². The number of aryl methyl sites for hydroxylation is 1. The second-order valence-corrected chi connectivity index (χ2v) is 6.70. The van der Waals surface area contributed by atoms with Crippen LogP contribution in [0.2, 0.25) is 0 Å². The quantitative estimate of drug-likeness (QED) is 0.782. The molecule has 1 unspecified atom stereocenters. The maximum Gasteiger partial charge on any atom is 0.121 e. The standard InChI is InChI=1S/C16H21ClN2O/c1-16(2)9-11(16)10-19-14-5-4-12(20-3)8-13(14)18-15(19)6-7-17/h4-5,8,11H,6-7,9-10H2,1-3H3. The normalized spacial score (nSPS) is 20.3. The number of imidazole rings is 1. The summed E-state index contributed by atoms with van der Waals surface area (Å²) in [6.07, 6.45) is 2.11. The molecule has 3 rings (SSSR count). The second-order valence-electron chi connectivity index (χ2n) is 6.32. The highest BCUT2D eigenvalue weighted by Gasteiger charge is 2.45. The third-order valence-corrected chi connectivity index (χ3v) is 4.66. The lowest BCUT2D eigenvalue weighted by Gasteiger charge is -2.10. The Hall–Kier alpha value is -1.22. The van der Waals surface area contributed by atoms with Crippen molar-refractivity contribution in [3.05, 3.63) is 24.0 Å². The number of hydrogen-bond donors (Lipinski definition) is 0. The first-order valence-electron chi connectivity index (χ1n) is 7.14. The highest BCUT2D eigenvalue weighted by atomic mass is 35.5. The zero-order chi connectivity index (χ0) is 14.3. The first kappa shape index (κ1) is 13.7. The van der Waals surface area contributed by atoms with Gasteiger partial charge in [0.25, 0.3) is 0 Å². The minimum absolute atomic E-state index is 0.474. The van der Waals surface area contributed by atoms with Crippen LogP contribution < -0.4 is 4.74 Å².